The predicted octanol–water partition coefficient (Wildman–Crippen LogP) is 3.79. The lowest BCUT2D eigenvalue weighted by atomic mass is 9.91. The van der Waals surface area contributed by atoms with Gasteiger partial charge in [-0.1, -0.05) is 45.0 Å². The van der Waals surface area contributed by atoms with Crippen LogP contribution < -0.4 is 0 Å². The Hall–Kier alpha value is -1.11. The number of hydrogen-bond donors (Lipinski definition) is 0. The molecule has 76 valence electrons. The maximum Gasteiger partial charge on any atom is 0.162 e. The van der Waals surface area contributed by atoms with E-state index in [2.05, 4.69) is 19.9 Å². The second-order valence-corrected chi connectivity index (χ2v) is 3.67. The van der Waals surface area contributed by atoms with Crippen LogP contribution in [0.3, 0.4) is 0 Å². The van der Waals surface area contributed by atoms with Crippen LogP contribution in [0.2, 0.25) is 0 Å². The zero-order valence-electron chi connectivity index (χ0n) is 9.21. The number of ketones is 1. The first kappa shape index (κ1) is 11.0. The lowest BCUT2D eigenvalue weighted by Gasteiger charge is -2.13. The average Bonchev–Trinajstić information content (AvgIpc) is 2.27. The fourth-order valence-electron chi connectivity index (χ4n) is 1.59. The Morgan fingerprint density at radius 3 is 2.50 bits per heavy atom. The Kier molecular flexibility index (Phi) is 3.87. The zero-order valence-corrected chi connectivity index (χ0v) is 9.21. The Labute approximate surface area is 86.1 Å². The number of benzene rings is 1. The second kappa shape index (κ2) is 4.94. The molecule has 1 aromatic carbocycles. The first-order valence-electron chi connectivity index (χ1n) is 5.32. The van der Waals surface area contributed by atoms with Gasteiger partial charge in [0.25, 0.3) is 0 Å². The maximum atomic E-state index is 11.7. The van der Waals surface area contributed by atoms with Crippen molar-refractivity contribution in [3.05, 3.63) is 35.4 Å². The SMILES string of the molecule is CCC(=O)c1ccccc1C(C)CC. The van der Waals surface area contributed by atoms with Gasteiger partial charge in [0.2, 0.25) is 0 Å². The van der Waals surface area contributed by atoms with E-state index in [9.17, 15) is 4.79 Å². The molecule has 1 heteroatoms. The lowest BCUT2D eigenvalue weighted by Crippen LogP contribution is -2.04. The molecule has 0 aliphatic heterocycles. The van der Waals surface area contributed by atoms with Crippen molar-refractivity contribution in [1.29, 1.82) is 0 Å². The van der Waals surface area contributed by atoms with Crippen LogP contribution in [0.4, 0.5) is 0 Å². The molecule has 1 rings (SSSR count). The van der Waals surface area contributed by atoms with Crippen molar-refractivity contribution in [2.24, 2.45) is 0 Å². The average molecular weight is 190 g/mol. The monoisotopic (exact) mass is 190 g/mol. The van der Waals surface area contributed by atoms with E-state index in [0.29, 0.717) is 12.3 Å². The first-order chi connectivity index (χ1) is 6.70. The topological polar surface area (TPSA) is 17.1 Å². The quantitative estimate of drug-likeness (QED) is 0.660. The van der Waals surface area contributed by atoms with Gasteiger partial charge < -0.3 is 0 Å². The molecule has 1 nitrogen and oxygen atoms in total. The summed E-state index contributed by atoms with van der Waals surface area (Å²) >= 11 is 0. The molecule has 0 aliphatic carbocycles. The normalized spacial score (nSPS) is 12.5. The van der Waals surface area contributed by atoms with Gasteiger partial charge in [0.05, 0.1) is 0 Å². The minimum Gasteiger partial charge on any atom is -0.294 e. The van der Waals surface area contributed by atoms with E-state index >= 15 is 0 Å². The van der Waals surface area contributed by atoms with Crippen molar-refractivity contribution in [2.75, 3.05) is 0 Å². The highest BCUT2D eigenvalue weighted by Gasteiger charge is 2.12. The molecule has 14 heavy (non-hydrogen) atoms. The van der Waals surface area contributed by atoms with Gasteiger partial charge in [0.15, 0.2) is 5.78 Å². The molecule has 0 bridgehead atoms. The third-order valence-electron chi connectivity index (χ3n) is 2.73. The third-order valence-corrected chi connectivity index (χ3v) is 2.73. The molecule has 0 aliphatic rings. The molecule has 1 unspecified atom stereocenters. The predicted molar refractivity (Wildman–Crippen MR) is 59.8 cm³/mol. The summed E-state index contributed by atoms with van der Waals surface area (Å²) in [6.07, 6.45) is 1.67. The smallest absolute Gasteiger partial charge is 0.162 e. The van der Waals surface area contributed by atoms with Crippen LogP contribution in [0, 0.1) is 0 Å². The van der Waals surface area contributed by atoms with Crippen LogP contribution in [0.1, 0.15) is 55.5 Å². The summed E-state index contributed by atoms with van der Waals surface area (Å²) < 4.78 is 0. The van der Waals surface area contributed by atoms with Gasteiger partial charge in [0.1, 0.15) is 0 Å². The minimum atomic E-state index is 0.251. The molecule has 0 saturated heterocycles. The summed E-state index contributed by atoms with van der Waals surface area (Å²) in [5.41, 5.74) is 2.10. The molecule has 1 aromatic rings. The van der Waals surface area contributed by atoms with Crippen molar-refractivity contribution in [2.45, 2.75) is 39.5 Å². The molecule has 0 radical (unpaired) electrons. The Balaban J connectivity index is 3.09. The first-order valence-corrected chi connectivity index (χ1v) is 5.32. The van der Waals surface area contributed by atoms with Crippen molar-refractivity contribution in [3.63, 3.8) is 0 Å². The lowest BCUT2D eigenvalue weighted by molar-refractivity contribution is 0.0987. The summed E-state index contributed by atoms with van der Waals surface area (Å²) in [6, 6.07) is 7.95. The molecule has 0 N–H and O–H groups in total. The Morgan fingerprint density at radius 2 is 1.93 bits per heavy atom. The van der Waals surface area contributed by atoms with E-state index < -0.39 is 0 Å². The third kappa shape index (κ3) is 2.22. The number of carbonyl (C=O) groups excluding carboxylic acids is 1. The molecule has 0 spiro atoms. The summed E-state index contributed by atoms with van der Waals surface area (Å²) in [7, 11) is 0. The molecule has 0 saturated carbocycles. The summed E-state index contributed by atoms with van der Waals surface area (Å²) in [5, 5.41) is 0. The van der Waals surface area contributed by atoms with Crippen LogP contribution >= 0.6 is 0 Å². The second-order valence-electron chi connectivity index (χ2n) is 3.67. The maximum absolute atomic E-state index is 11.7. The van der Waals surface area contributed by atoms with E-state index in [-0.39, 0.29) is 5.78 Å². The van der Waals surface area contributed by atoms with Crippen LogP contribution in [0.5, 0.6) is 0 Å². The summed E-state index contributed by atoms with van der Waals surface area (Å²) in [6.45, 7) is 6.23. The van der Waals surface area contributed by atoms with Crippen molar-refractivity contribution in [1.82, 2.24) is 0 Å². The molecular formula is C13H18O. The van der Waals surface area contributed by atoms with Crippen LogP contribution in [0.25, 0.3) is 0 Å². The van der Waals surface area contributed by atoms with E-state index in [0.717, 1.165) is 12.0 Å². The highest BCUT2D eigenvalue weighted by atomic mass is 16.1. The largest absolute Gasteiger partial charge is 0.294 e. The molecular weight excluding hydrogens is 172 g/mol. The van der Waals surface area contributed by atoms with Gasteiger partial charge in [-0.2, -0.15) is 0 Å². The van der Waals surface area contributed by atoms with E-state index in [1.807, 2.05) is 25.1 Å². The van der Waals surface area contributed by atoms with Gasteiger partial charge in [0, 0.05) is 12.0 Å². The number of Topliss-reactive ketones (excluding diaryl/α,β-unsaturated/α-hetero) is 1. The summed E-state index contributed by atoms with van der Waals surface area (Å²) in [4.78, 5) is 11.7. The number of rotatable bonds is 4. The van der Waals surface area contributed by atoms with Gasteiger partial charge in [-0.05, 0) is 17.9 Å². The van der Waals surface area contributed by atoms with E-state index in [1.165, 1.54) is 5.56 Å². The molecule has 0 fully saturated rings. The Morgan fingerprint density at radius 1 is 1.29 bits per heavy atom. The molecule has 1 atom stereocenters. The molecule has 0 aromatic heterocycles. The van der Waals surface area contributed by atoms with Gasteiger partial charge in [-0.15, -0.1) is 0 Å². The summed E-state index contributed by atoms with van der Waals surface area (Å²) in [5.74, 6) is 0.725. The van der Waals surface area contributed by atoms with Crippen molar-refractivity contribution < 1.29 is 4.79 Å². The van der Waals surface area contributed by atoms with Crippen LogP contribution in [-0.2, 0) is 0 Å². The van der Waals surface area contributed by atoms with Gasteiger partial charge >= 0.3 is 0 Å². The van der Waals surface area contributed by atoms with Gasteiger partial charge in [-0.25, -0.2) is 0 Å². The molecule has 0 amide bonds. The minimum absolute atomic E-state index is 0.251. The highest BCUT2D eigenvalue weighted by Crippen LogP contribution is 2.23. The van der Waals surface area contributed by atoms with E-state index in [1.54, 1.807) is 0 Å². The fourth-order valence-corrected chi connectivity index (χ4v) is 1.59. The van der Waals surface area contributed by atoms with Crippen LogP contribution in [0.15, 0.2) is 24.3 Å². The van der Waals surface area contributed by atoms with Crippen LogP contribution in [-0.4, -0.2) is 5.78 Å². The Bertz CT molecular complexity index is 315. The fraction of sp³-hybridized carbons (Fsp3) is 0.462. The van der Waals surface area contributed by atoms with Gasteiger partial charge in [-0.3, -0.25) is 4.79 Å². The van der Waals surface area contributed by atoms with Crippen molar-refractivity contribution in [3.8, 4) is 0 Å². The highest BCUT2D eigenvalue weighted by molar-refractivity contribution is 5.97. The molecule has 0 heterocycles. The number of hydrogen-bond acceptors (Lipinski definition) is 1. The number of carbonyl (C=O) groups is 1. The zero-order chi connectivity index (χ0) is 10.6. The standard InChI is InChI=1S/C13H18O/c1-4-10(3)11-8-6-7-9-12(11)13(14)5-2/h6-10H,4-5H2,1-3H3. The van der Waals surface area contributed by atoms with Crippen molar-refractivity contribution >= 4 is 5.78 Å². The van der Waals surface area contributed by atoms with E-state index in [4.69, 9.17) is 0 Å².